The van der Waals surface area contributed by atoms with E-state index in [1.54, 1.807) is 24.3 Å². The van der Waals surface area contributed by atoms with Crippen molar-refractivity contribution in [3.05, 3.63) is 77.8 Å². The van der Waals surface area contributed by atoms with Gasteiger partial charge in [0.2, 0.25) is 0 Å². The summed E-state index contributed by atoms with van der Waals surface area (Å²) in [5.41, 5.74) is 7.75. The summed E-state index contributed by atoms with van der Waals surface area (Å²) in [6.07, 6.45) is 7.15. The highest BCUT2D eigenvalue weighted by Crippen LogP contribution is 2.33. The molecule has 0 saturated carbocycles. The fourth-order valence-electron chi connectivity index (χ4n) is 3.39. The standard InChI is InChI=1S/C22H24ClN3O2S.2ClH/c23-18-3-1-17(2-4-18)9-10-22(15-26-12-11-25-16-26)27-13-20(28-22)14-29-21-7-5-19(24)6-8-21;;/h1-8,11-12,16,20H,9-10,13-15,24H2;2*1H. The Bertz CT molecular complexity index is 911. The van der Waals surface area contributed by atoms with Gasteiger partial charge in [-0.15, -0.1) is 36.6 Å². The van der Waals surface area contributed by atoms with Crippen LogP contribution in [0.5, 0.6) is 0 Å². The van der Waals surface area contributed by atoms with Crippen LogP contribution in [0.15, 0.2) is 72.1 Å². The molecule has 1 aliphatic heterocycles. The summed E-state index contributed by atoms with van der Waals surface area (Å²) in [7, 11) is 0. The molecule has 2 N–H and O–H groups in total. The molecule has 2 aromatic carbocycles. The molecule has 2 atom stereocenters. The molecule has 0 amide bonds. The van der Waals surface area contributed by atoms with Crippen LogP contribution in [0.3, 0.4) is 0 Å². The van der Waals surface area contributed by atoms with Gasteiger partial charge in [-0.2, -0.15) is 0 Å². The van der Waals surface area contributed by atoms with Gasteiger partial charge < -0.3 is 19.8 Å². The minimum Gasteiger partial charge on any atom is -0.399 e. The Labute approximate surface area is 204 Å². The second kappa shape index (κ2) is 12.0. The molecule has 0 spiro atoms. The molecule has 0 bridgehead atoms. The number of hydrogen-bond donors (Lipinski definition) is 1. The van der Waals surface area contributed by atoms with E-state index < -0.39 is 5.79 Å². The van der Waals surface area contributed by atoms with Crippen LogP contribution in [0, 0.1) is 0 Å². The van der Waals surface area contributed by atoms with Crippen molar-refractivity contribution in [2.24, 2.45) is 0 Å². The lowest BCUT2D eigenvalue weighted by Crippen LogP contribution is -2.37. The summed E-state index contributed by atoms with van der Waals surface area (Å²) in [6, 6.07) is 15.9. The van der Waals surface area contributed by atoms with Crippen molar-refractivity contribution < 1.29 is 9.47 Å². The summed E-state index contributed by atoms with van der Waals surface area (Å²) < 4.78 is 14.7. The zero-order valence-electron chi connectivity index (χ0n) is 16.9. The maximum absolute atomic E-state index is 6.47. The number of imidazole rings is 1. The van der Waals surface area contributed by atoms with Gasteiger partial charge in [0.25, 0.3) is 0 Å². The highest BCUT2D eigenvalue weighted by molar-refractivity contribution is 7.99. The molecule has 1 aromatic heterocycles. The third-order valence-corrected chi connectivity index (χ3v) is 6.32. The van der Waals surface area contributed by atoms with Gasteiger partial charge in [-0.3, -0.25) is 0 Å². The SMILES string of the molecule is Cl.Cl.Nc1ccc(SCC2COC(CCc3ccc(Cl)cc3)(Cn3ccnc3)O2)cc1. The van der Waals surface area contributed by atoms with Gasteiger partial charge in [0.1, 0.15) is 0 Å². The summed E-state index contributed by atoms with van der Waals surface area (Å²) in [5, 5.41) is 0.745. The van der Waals surface area contributed by atoms with Gasteiger partial charge in [-0.1, -0.05) is 23.7 Å². The quantitative estimate of drug-likeness (QED) is 0.325. The third-order valence-electron chi connectivity index (χ3n) is 4.92. The molecular weight excluding hydrogens is 477 g/mol. The van der Waals surface area contributed by atoms with Crippen molar-refractivity contribution >= 4 is 53.9 Å². The van der Waals surface area contributed by atoms with Crippen LogP contribution in [0.4, 0.5) is 5.69 Å². The number of thioether (sulfide) groups is 1. The van der Waals surface area contributed by atoms with E-state index in [0.717, 1.165) is 29.3 Å². The molecule has 2 unspecified atom stereocenters. The van der Waals surface area contributed by atoms with Crippen LogP contribution in [0.2, 0.25) is 5.02 Å². The first-order valence-corrected chi connectivity index (χ1v) is 11.0. The summed E-state index contributed by atoms with van der Waals surface area (Å²) >= 11 is 7.76. The Morgan fingerprint density at radius 3 is 2.55 bits per heavy atom. The molecule has 1 fully saturated rings. The molecule has 1 saturated heterocycles. The van der Waals surface area contributed by atoms with Crippen LogP contribution in [-0.2, 0) is 22.4 Å². The Balaban J connectivity index is 0.00000171. The number of nitrogens with zero attached hydrogens (tertiary/aromatic N) is 2. The number of anilines is 1. The van der Waals surface area contributed by atoms with Crippen molar-refractivity contribution in [2.75, 3.05) is 18.1 Å². The highest BCUT2D eigenvalue weighted by Gasteiger charge is 2.41. The van der Waals surface area contributed by atoms with Crippen molar-refractivity contribution in [2.45, 2.75) is 36.2 Å². The monoisotopic (exact) mass is 501 g/mol. The van der Waals surface area contributed by atoms with Crippen LogP contribution >= 0.6 is 48.2 Å². The second-order valence-electron chi connectivity index (χ2n) is 7.20. The zero-order valence-corrected chi connectivity index (χ0v) is 20.1. The van der Waals surface area contributed by atoms with Gasteiger partial charge in [0, 0.05) is 40.2 Å². The summed E-state index contributed by atoms with van der Waals surface area (Å²) in [5.74, 6) is 0.170. The second-order valence-corrected chi connectivity index (χ2v) is 8.73. The maximum Gasteiger partial charge on any atom is 0.187 e. The Morgan fingerprint density at radius 1 is 1.13 bits per heavy atom. The molecule has 31 heavy (non-hydrogen) atoms. The van der Waals surface area contributed by atoms with Crippen LogP contribution in [-0.4, -0.2) is 33.8 Å². The lowest BCUT2D eigenvalue weighted by Gasteiger charge is -2.28. The van der Waals surface area contributed by atoms with Crippen molar-refractivity contribution in [3.8, 4) is 0 Å². The highest BCUT2D eigenvalue weighted by atomic mass is 35.5. The van der Waals surface area contributed by atoms with Crippen LogP contribution < -0.4 is 5.73 Å². The van der Waals surface area contributed by atoms with E-state index in [2.05, 4.69) is 17.1 Å². The summed E-state index contributed by atoms with van der Waals surface area (Å²) in [4.78, 5) is 5.33. The topological polar surface area (TPSA) is 62.3 Å². The van der Waals surface area contributed by atoms with E-state index in [0.29, 0.717) is 13.2 Å². The van der Waals surface area contributed by atoms with Crippen LogP contribution in [0.25, 0.3) is 0 Å². The molecule has 3 aromatic rings. The van der Waals surface area contributed by atoms with Gasteiger partial charge in [0.15, 0.2) is 5.79 Å². The number of benzene rings is 2. The Morgan fingerprint density at radius 2 is 1.87 bits per heavy atom. The van der Waals surface area contributed by atoms with E-state index >= 15 is 0 Å². The molecular formula is C22H26Cl3N3O2S. The minimum absolute atomic E-state index is 0. The van der Waals surface area contributed by atoms with E-state index in [1.165, 1.54) is 10.5 Å². The summed E-state index contributed by atoms with van der Waals surface area (Å²) in [6.45, 7) is 1.20. The molecule has 0 radical (unpaired) electrons. The van der Waals surface area contributed by atoms with Gasteiger partial charge in [-0.25, -0.2) is 4.98 Å². The first-order chi connectivity index (χ1) is 14.1. The lowest BCUT2D eigenvalue weighted by molar-refractivity contribution is -0.180. The fourth-order valence-corrected chi connectivity index (χ4v) is 4.39. The molecule has 9 heteroatoms. The molecule has 2 heterocycles. The van der Waals surface area contributed by atoms with E-state index in [1.807, 2.05) is 47.2 Å². The Hall–Kier alpha value is -1.41. The molecule has 1 aliphatic rings. The first kappa shape index (κ1) is 25.8. The predicted octanol–water partition coefficient (Wildman–Crippen LogP) is 5.50. The van der Waals surface area contributed by atoms with Crippen molar-refractivity contribution in [1.82, 2.24) is 9.55 Å². The largest absolute Gasteiger partial charge is 0.399 e. The normalized spacial score (nSPS) is 20.1. The van der Waals surface area contributed by atoms with E-state index in [9.17, 15) is 0 Å². The maximum atomic E-state index is 6.47. The average molecular weight is 503 g/mol. The predicted molar refractivity (Wildman–Crippen MR) is 132 cm³/mol. The molecule has 0 aliphatic carbocycles. The molecule has 168 valence electrons. The smallest absolute Gasteiger partial charge is 0.187 e. The third kappa shape index (κ3) is 7.31. The Kier molecular flexibility index (Phi) is 10.0. The number of nitrogens with two attached hydrogens (primary N) is 1. The average Bonchev–Trinajstić information content (AvgIpc) is 3.38. The molecule has 4 rings (SSSR count). The number of aryl methyl sites for hydroxylation is 1. The van der Waals surface area contributed by atoms with E-state index in [-0.39, 0.29) is 30.9 Å². The fraction of sp³-hybridized carbons (Fsp3) is 0.318. The number of hydrogen-bond acceptors (Lipinski definition) is 5. The number of ether oxygens (including phenoxy) is 2. The number of nitrogen functional groups attached to an aromatic ring is 1. The van der Waals surface area contributed by atoms with Gasteiger partial charge >= 0.3 is 0 Å². The molecule has 5 nitrogen and oxygen atoms in total. The number of rotatable bonds is 8. The minimum atomic E-state index is -0.660. The number of aromatic nitrogens is 2. The number of halogens is 3. The van der Waals surface area contributed by atoms with Crippen molar-refractivity contribution in [3.63, 3.8) is 0 Å². The lowest BCUT2D eigenvalue weighted by atomic mass is 10.0. The van der Waals surface area contributed by atoms with E-state index in [4.69, 9.17) is 26.8 Å². The zero-order chi connectivity index (χ0) is 20.1. The van der Waals surface area contributed by atoms with Gasteiger partial charge in [0.05, 0.1) is 25.6 Å². The van der Waals surface area contributed by atoms with Crippen molar-refractivity contribution in [1.29, 1.82) is 0 Å². The van der Waals surface area contributed by atoms with Crippen LogP contribution in [0.1, 0.15) is 12.0 Å². The first-order valence-electron chi connectivity index (χ1n) is 9.61. The van der Waals surface area contributed by atoms with Gasteiger partial charge in [-0.05, 0) is 48.4 Å².